The van der Waals surface area contributed by atoms with Gasteiger partial charge in [-0.1, -0.05) is 31.2 Å². The monoisotopic (exact) mass is 230 g/mol. The van der Waals surface area contributed by atoms with Crippen molar-refractivity contribution in [1.29, 1.82) is 0 Å². The summed E-state index contributed by atoms with van der Waals surface area (Å²) < 4.78 is 1.94. The third-order valence-corrected chi connectivity index (χ3v) is 2.72. The molecule has 0 amide bonds. The van der Waals surface area contributed by atoms with Crippen molar-refractivity contribution in [2.75, 3.05) is 5.73 Å². The van der Waals surface area contributed by atoms with Crippen LogP contribution in [0.5, 0.6) is 0 Å². The lowest BCUT2D eigenvalue weighted by Gasteiger charge is -2.08. The molecule has 4 nitrogen and oxygen atoms in total. The third kappa shape index (κ3) is 2.84. The van der Waals surface area contributed by atoms with E-state index in [-0.39, 0.29) is 0 Å². The molecule has 1 aromatic carbocycles. The number of rotatable bonds is 4. The fourth-order valence-electron chi connectivity index (χ4n) is 1.72. The summed E-state index contributed by atoms with van der Waals surface area (Å²) in [5, 5.41) is 8.10. The van der Waals surface area contributed by atoms with Gasteiger partial charge in [0.15, 0.2) is 0 Å². The number of nitrogen functional groups attached to an aromatic ring is 1. The number of benzene rings is 1. The van der Waals surface area contributed by atoms with Crippen molar-refractivity contribution in [3.63, 3.8) is 0 Å². The van der Waals surface area contributed by atoms with Crippen molar-refractivity contribution >= 4 is 5.69 Å². The second-order valence-corrected chi connectivity index (χ2v) is 4.65. The normalized spacial score (nSPS) is 11.0. The summed E-state index contributed by atoms with van der Waals surface area (Å²) >= 11 is 0. The van der Waals surface area contributed by atoms with E-state index in [1.165, 1.54) is 0 Å². The maximum absolute atomic E-state index is 5.79. The van der Waals surface area contributed by atoms with E-state index in [0.29, 0.717) is 5.92 Å². The van der Waals surface area contributed by atoms with Crippen LogP contribution in [-0.2, 0) is 6.54 Å². The summed E-state index contributed by atoms with van der Waals surface area (Å²) in [5.74, 6) is 0.660. The van der Waals surface area contributed by atoms with E-state index in [9.17, 15) is 0 Å². The molecule has 1 heterocycles. The minimum absolute atomic E-state index is 0.660. The van der Waals surface area contributed by atoms with Gasteiger partial charge in [-0.05, 0) is 24.5 Å². The van der Waals surface area contributed by atoms with E-state index < -0.39 is 0 Å². The Morgan fingerprint density at radius 1 is 1.35 bits per heavy atom. The molecule has 2 rings (SSSR count). The average Bonchev–Trinajstić information content (AvgIpc) is 2.74. The lowest BCUT2D eigenvalue weighted by molar-refractivity contribution is 0.481. The molecule has 2 N–H and O–H groups in total. The maximum Gasteiger partial charge on any atom is 0.0886 e. The van der Waals surface area contributed by atoms with Crippen LogP contribution in [0.3, 0.4) is 0 Å². The van der Waals surface area contributed by atoms with Crippen LogP contribution in [0.25, 0.3) is 11.3 Å². The number of anilines is 1. The molecule has 0 aliphatic carbocycles. The first-order chi connectivity index (χ1) is 8.16. The molecular weight excluding hydrogens is 212 g/mol. The highest BCUT2D eigenvalue weighted by atomic mass is 15.4. The lowest BCUT2D eigenvalue weighted by atomic mass is 10.1. The molecule has 0 aliphatic rings. The molecule has 0 bridgehead atoms. The van der Waals surface area contributed by atoms with Crippen molar-refractivity contribution in [3.8, 4) is 11.3 Å². The Balaban J connectivity index is 2.24. The van der Waals surface area contributed by atoms with Crippen molar-refractivity contribution in [2.24, 2.45) is 5.92 Å². The van der Waals surface area contributed by atoms with Crippen molar-refractivity contribution in [3.05, 3.63) is 30.5 Å². The van der Waals surface area contributed by atoms with E-state index in [1.54, 1.807) is 6.20 Å². The van der Waals surface area contributed by atoms with Crippen LogP contribution >= 0.6 is 0 Å². The van der Waals surface area contributed by atoms with E-state index in [4.69, 9.17) is 5.73 Å². The van der Waals surface area contributed by atoms with Gasteiger partial charge in [-0.15, -0.1) is 5.10 Å². The Kier molecular flexibility index (Phi) is 3.42. The minimum Gasteiger partial charge on any atom is -0.399 e. The molecule has 0 saturated heterocycles. The lowest BCUT2D eigenvalue weighted by Crippen LogP contribution is -2.05. The molecule has 90 valence electrons. The zero-order valence-electron chi connectivity index (χ0n) is 10.3. The Morgan fingerprint density at radius 3 is 2.88 bits per heavy atom. The fraction of sp³-hybridized carbons (Fsp3) is 0.385. The van der Waals surface area contributed by atoms with E-state index in [1.807, 2.05) is 28.9 Å². The molecule has 0 aliphatic heterocycles. The molecule has 1 aromatic heterocycles. The maximum atomic E-state index is 5.79. The summed E-state index contributed by atoms with van der Waals surface area (Å²) in [4.78, 5) is 0. The quantitative estimate of drug-likeness (QED) is 0.821. The van der Waals surface area contributed by atoms with Crippen LogP contribution in [0.4, 0.5) is 5.69 Å². The van der Waals surface area contributed by atoms with Crippen LogP contribution < -0.4 is 5.73 Å². The Bertz CT molecular complexity index is 488. The zero-order valence-corrected chi connectivity index (χ0v) is 10.3. The molecule has 17 heavy (non-hydrogen) atoms. The summed E-state index contributed by atoms with van der Waals surface area (Å²) in [6, 6.07) is 7.81. The highest BCUT2D eigenvalue weighted by Crippen LogP contribution is 2.20. The van der Waals surface area contributed by atoms with Gasteiger partial charge in [0.05, 0.1) is 11.9 Å². The van der Waals surface area contributed by atoms with Gasteiger partial charge in [0.1, 0.15) is 0 Å². The van der Waals surface area contributed by atoms with Gasteiger partial charge in [0.2, 0.25) is 0 Å². The number of aryl methyl sites for hydroxylation is 1. The van der Waals surface area contributed by atoms with E-state index in [0.717, 1.165) is 29.9 Å². The molecule has 2 aromatic rings. The Labute approximate surface area is 101 Å². The highest BCUT2D eigenvalue weighted by Gasteiger charge is 2.07. The number of nitrogens with zero attached hydrogens (tertiary/aromatic N) is 3. The van der Waals surface area contributed by atoms with Gasteiger partial charge in [-0.2, -0.15) is 0 Å². The largest absolute Gasteiger partial charge is 0.399 e. The summed E-state index contributed by atoms with van der Waals surface area (Å²) in [5.41, 5.74) is 8.64. The van der Waals surface area contributed by atoms with Crippen LogP contribution in [0, 0.1) is 5.92 Å². The standard InChI is InChI=1S/C13H18N4/c1-10(2)6-7-17-13(9-15-16-17)11-4-3-5-12(14)8-11/h3-5,8-10H,6-7,14H2,1-2H3. The van der Waals surface area contributed by atoms with Crippen molar-refractivity contribution in [1.82, 2.24) is 15.0 Å². The van der Waals surface area contributed by atoms with Crippen LogP contribution in [0.2, 0.25) is 0 Å². The predicted molar refractivity (Wildman–Crippen MR) is 69.3 cm³/mol. The van der Waals surface area contributed by atoms with Gasteiger partial charge < -0.3 is 5.73 Å². The zero-order chi connectivity index (χ0) is 12.3. The first-order valence-corrected chi connectivity index (χ1v) is 5.91. The molecular formula is C13H18N4. The number of nitrogens with two attached hydrogens (primary N) is 1. The number of aromatic nitrogens is 3. The second kappa shape index (κ2) is 4.99. The third-order valence-electron chi connectivity index (χ3n) is 2.72. The molecule has 0 fully saturated rings. The number of hydrogen-bond donors (Lipinski definition) is 1. The summed E-state index contributed by atoms with van der Waals surface area (Å²) in [6.45, 7) is 5.30. The van der Waals surface area contributed by atoms with E-state index >= 15 is 0 Å². The first-order valence-electron chi connectivity index (χ1n) is 5.91. The highest BCUT2D eigenvalue weighted by molar-refractivity contribution is 5.63. The fourth-order valence-corrected chi connectivity index (χ4v) is 1.72. The summed E-state index contributed by atoms with van der Waals surface area (Å²) in [7, 11) is 0. The number of hydrogen-bond acceptors (Lipinski definition) is 3. The van der Waals surface area contributed by atoms with Gasteiger partial charge in [-0.3, -0.25) is 0 Å². The smallest absolute Gasteiger partial charge is 0.0886 e. The second-order valence-electron chi connectivity index (χ2n) is 4.65. The Morgan fingerprint density at radius 2 is 2.18 bits per heavy atom. The van der Waals surface area contributed by atoms with Crippen molar-refractivity contribution < 1.29 is 0 Å². The molecule has 0 saturated carbocycles. The minimum atomic E-state index is 0.660. The van der Waals surface area contributed by atoms with Gasteiger partial charge in [0, 0.05) is 17.8 Å². The van der Waals surface area contributed by atoms with Gasteiger partial charge in [-0.25, -0.2) is 4.68 Å². The molecule has 0 spiro atoms. The SMILES string of the molecule is CC(C)CCn1nncc1-c1cccc(N)c1. The molecule has 0 atom stereocenters. The van der Waals surface area contributed by atoms with Gasteiger partial charge in [0.25, 0.3) is 0 Å². The van der Waals surface area contributed by atoms with Gasteiger partial charge >= 0.3 is 0 Å². The van der Waals surface area contributed by atoms with Crippen molar-refractivity contribution in [2.45, 2.75) is 26.8 Å². The molecule has 0 radical (unpaired) electrons. The van der Waals surface area contributed by atoms with Crippen LogP contribution in [0.15, 0.2) is 30.5 Å². The Hall–Kier alpha value is -1.84. The van der Waals surface area contributed by atoms with Crippen LogP contribution in [-0.4, -0.2) is 15.0 Å². The molecule has 0 unspecified atom stereocenters. The molecule has 4 heteroatoms. The first kappa shape index (κ1) is 11.6. The van der Waals surface area contributed by atoms with Crippen LogP contribution in [0.1, 0.15) is 20.3 Å². The average molecular weight is 230 g/mol. The summed E-state index contributed by atoms with van der Waals surface area (Å²) in [6.07, 6.45) is 2.88. The van der Waals surface area contributed by atoms with E-state index in [2.05, 4.69) is 24.2 Å². The topological polar surface area (TPSA) is 56.7 Å². The predicted octanol–water partition coefficient (Wildman–Crippen LogP) is 2.57.